The second-order valence-corrected chi connectivity index (χ2v) is 12.5. The van der Waals surface area contributed by atoms with Gasteiger partial charge in [0.2, 0.25) is 0 Å². The Bertz CT molecular complexity index is 498. The molecule has 6 fully saturated rings. The standard InChI is InChI=1S/C27H44/c1-16-18-3-5-20(13-18)24(16)9-11-26-22-7-8-23(15-22)27(26)12-10-25-17(2)19-4-6-21(25)14-19/h16-27H,3-15H2,1-2H3. The van der Waals surface area contributed by atoms with E-state index < -0.39 is 0 Å². The fourth-order valence-electron chi connectivity index (χ4n) is 10.6. The number of rotatable bonds is 6. The molecule has 6 bridgehead atoms. The zero-order chi connectivity index (χ0) is 18.1. The molecule has 27 heavy (non-hydrogen) atoms. The molecule has 6 rings (SSSR count). The maximum absolute atomic E-state index is 2.61. The molecule has 0 saturated heterocycles. The van der Waals surface area contributed by atoms with Crippen molar-refractivity contribution in [3.63, 3.8) is 0 Å². The summed E-state index contributed by atoms with van der Waals surface area (Å²) >= 11 is 0. The van der Waals surface area contributed by atoms with Crippen molar-refractivity contribution in [3.05, 3.63) is 0 Å². The molecule has 6 aliphatic carbocycles. The van der Waals surface area contributed by atoms with Crippen molar-refractivity contribution in [2.45, 2.75) is 97.3 Å². The van der Waals surface area contributed by atoms with Gasteiger partial charge < -0.3 is 0 Å². The normalized spacial score (nSPS) is 58.0. The summed E-state index contributed by atoms with van der Waals surface area (Å²) in [7, 11) is 0. The quantitative estimate of drug-likeness (QED) is 0.453. The van der Waals surface area contributed by atoms with Crippen LogP contribution < -0.4 is 0 Å². The molecule has 0 spiro atoms. The zero-order valence-corrected chi connectivity index (χ0v) is 18.1. The highest BCUT2D eigenvalue weighted by Gasteiger charge is 2.50. The summed E-state index contributed by atoms with van der Waals surface area (Å²) in [4.78, 5) is 0. The van der Waals surface area contributed by atoms with Gasteiger partial charge in [0.05, 0.1) is 0 Å². The van der Waals surface area contributed by atoms with Crippen LogP contribution in [0.2, 0.25) is 0 Å². The van der Waals surface area contributed by atoms with Crippen molar-refractivity contribution in [2.75, 3.05) is 0 Å². The summed E-state index contributed by atoms with van der Waals surface area (Å²) in [5.41, 5.74) is 0. The molecule has 152 valence electrons. The second kappa shape index (κ2) is 6.77. The van der Waals surface area contributed by atoms with Crippen LogP contribution >= 0.6 is 0 Å². The zero-order valence-electron chi connectivity index (χ0n) is 18.1. The Balaban J connectivity index is 1.08. The van der Waals surface area contributed by atoms with Gasteiger partial charge >= 0.3 is 0 Å². The average molecular weight is 369 g/mol. The minimum Gasteiger partial charge on any atom is -0.0620 e. The Morgan fingerprint density at radius 3 is 1.07 bits per heavy atom. The van der Waals surface area contributed by atoms with Crippen molar-refractivity contribution in [3.8, 4) is 0 Å². The molecule has 0 aromatic carbocycles. The molecule has 0 aromatic heterocycles. The molecular formula is C27H44. The third-order valence-electron chi connectivity index (χ3n) is 12.0. The van der Waals surface area contributed by atoms with Crippen molar-refractivity contribution in [1.82, 2.24) is 0 Å². The van der Waals surface area contributed by atoms with Crippen molar-refractivity contribution in [2.24, 2.45) is 71.0 Å². The molecule has 0 aromatic rings. The van der Waals surface area contributed by atoms with Gasteiger partial charge in [0, 0.05) is 0 Å². The molecule has 0 aliphatic heterocycles. The molecular weight excluding hydrogens is 324 g/mol. The van der Waals surface area contributed by atoms with E-state index in [4.69, 9.17) is 0 Å². The number of hydrogen-bond donors (Lipinski definition) is 0. The van der Waals surface area contributed by atoms with Gasteiger partial charge in [-0.15, -0.1) is 0 Å². The van der Waals surface area contributed by atoms with Crippen LogP contribution in [0.3, 0.4) is 0 Å². The lowest BCUT2D eigenvalue weighted by Crippen LogP contribution is -2.27. The van der Waals surface area contributed by atoms with Crippen LogP contribution in [0.1, 0.15) is 97.3 Å². The molecule has 0 heteroatoms. The predicted molar refractivity (Wildman–Crippen MR) is 113 cm³/mol. The van der Waals surface area contributed by atoms with E-state index in [1.54, 1.807) is 83.5 Å². The smallest absolute Gasteiger partial charge is 0.0355 e. The van der Waals surface area contributed by atoms with E-state index >= 15 is 0 Å². The van der Waals surface area contributed by atoms with E-state index in [2.05, 4.69) is 13.8 Å². The molecule has 0 nitrogen and oxygen atoms in total. The maximum Gasteiger partial charge on any atom is -0.0355 e. The summed E-state index contributed by atoms with van der Waals surface area (Å²) < 4.78 is 0. The highest BCUT2D eigenvalue weighted by Crippen LogP contribution is 2.60. The molecule has 6 saturated carbocycles. The Morgan fingerprint density at radius 2 is 0.704 bits per heavy atom. The lowest BCUT2D eigenvalue weighted by molar-refractivity contribution is 0.138. The van der Waals surface area contributed by atoms with E-state index in [0.717, 1.165) is 71.0 Å². The van der Waals surface area contributed by atoms with E-state index in [1.165, 1.54) is 0 Å². The summed E-state index contributed by atoms with van der Waals surface area (Å²) in [6.07, 6.45) is 20.8. The Kier molecular flexibility index (Phi) is 4.47. The van der Waals surface area contributed by atoms with Gasteiger partial charge in [-0.2, -0.15) is 0 Å². The first-order valence-corrected chi connectivity index (χ1v) is 13.2. The fraction of sp³-hybridized carbons (Fsp3) is 1.00. The van der Waals surface area contributed by atoms with Crippen molar-refractivity contribution >= 4 is 0 Å². The van der Waals surface area contributed by atoms with Gasteiger partial charge in [-0.25, -0.2) is 0 Å². The van der Waals surface area contributed by atoms with Crippen LogP contribution in [0.25, 0.3) is 0 Å². The van der Waals surface area contributed by atoms with Gasteiger partial charge in [0.1, 0.15) is 0 Å². The Labute approximate surface area is 168 Å². The van der Waals surface area contributed by atoms with E-state index in [9.17, 15) is 0 Å². The summed E-state index contributed by atoms with van der Waals surface area (Å²) in [6, 6.07) is 0. The lowest BCUT2D eigenvalue weighted by atomic mass is 9.69. The second-order valence-electron chi connectivity index (χ2n) is 12.5. The van der Waals surface area contributed by atoms with E-state index in [1.807, 2.05) is 0 Å². The third kappa shape index (κ3) is 2.81. The Hall–Kier alpha value is 0. The van der Waals surface area contributed by atoms with Crippen LogP contribution in [-0.2, 0) is 0 Å². The first-order chi connectivity index (χ1) is 13.2. The summed E-state index contributed by atoms with van der Waals surface area (Å²) in [5.74, 6) is 13.5. The van der Waals surface area contributed by atoms with E-state index in [0.29, 0.717) is 0 Å². The van der Waals surface area contributed by atoms with Crippen LogP contribution in [0, 0.1) is 71.0 Å². The fourth-order valence-corrected chi connectivity index (χ4v) is 10.6. The SMILES string of the molecule is CC1C2CCC(C2)C1CCC1C2CCC(C2)C1CCC1C2CCC(C2)C1C. The first-order valence-electron chi connectivity index (χ1n) is 13.2. The third-order valence-corrected chi connectivity index (χ3v) is 12.0. The molecule has 0 N–H and O–H groups in total. The largest absolute Gasteiger partial charge is 0.0620 e. The maximum atomic E-state index is 2.61. The Morgan fingerprint density at radius 1 is 0.407 bits per heavy atom. The molecule has 6 aliphatic rings. The topological polar surface area (TPSA) is 0 Å². The van der Waals surface area contributed by atoms with E-state index in [-0.39, 0.29) is 0 Å². The molecule has 12 unspecified atom stereocenters. The summed E-state index contributed by atoms with van der Waals surface area (Å²) in [6.45, 7) is 5.23. The average Bonchev–Trinajstić information content (AvgIpc) is 3.47. The highest BCUT2D eigenvalue weighted by atomic mass is 14.6. The summed E-state index contributed by atoms with van der Waals surface area (Å²) in [5, 5.41) is 0. The van der Waals surface area contributed by atoms with Gasteiger partial charge in [0.25, 0.3) is 0 Å². The minimum absolute atomic E-state index is 1.07. The monoisotopic (exact) mass is 368 g/mol. The molecule has 12 atom stereocenters. The van der Waals surface area contributed by atoms with Crippen LogP contribution in [0.5, 0.6) is 0 Å². The van der Waals surface area contributed by atoms with Gasteiger partial charge in [-0.1, -0.05) is 13.8 Å². The number of hydrogen-bond acceptors (Lipinski definition) is 0. The molecule has 0 heterocycles. The highest BCUT2D eigenvalue weighted by molar-refractivity contribution is 5.00. The van der Waals surface area contributed by atoms with Crippen molar-refractivity contribution < 1.29 is 0 Å². The van der Waals surface area contributed by atoms with Gasteiger partial charge in [-0.3, -0.25) is 0 Å². The lowest BCUT2D eigenvalue weighted by Gasteiger charge is -2.36. The predicted octanol–water partition coefficient (Wildman–Crippen LogP) is 7.57. The van der Waals surface area contributed by atoms with Gasteiger partial charge in [0.15, 0.2) is 0 Å². The molecule has 0 radical (unpaired) electrons. The first kappa shape index (κ1) is 17.8. The van der Waals surface area contributed by atoms with Crippen LogP contribution in [-0.4, -0.2) is 0 Å². The van der Waals surface area contributed by atoms with Crippen LogP contribution in [0.4, 0.5) is 0 Å². The number of fused-ring (bicyclic) bond motifs is 6. The molecule has 0 amide bonds. The van der Waals surface area contributed by atoms with Crippen LogP contribution in [0.15, 0.2) is 0 Å². The van der Waals surface area contributed by atoms with Gasteiger partial charge in [-0.05, 0) is 154 Å². The minimum atomic E-state index is 1.07. The van der Waals surface area contributed by atoms with Crippen molar-refractivity contribution in [1.29, 1.82) is 0 Å².